The fraction of sp³-hybridized carbons (Fsp3) is 0.111. The third-order valence-corrected chi connectivity index (χ3v) is 4.23. The van der Waals surface area contributed by atoms with E-state index in [4.69, 9.17) is 0 Å². The summed E-state index contributed by atoms with van der Waals surface area (Å²) in [7, 11) is 0. The van der Waals surface area contributed by atoms with Crippen LogP contribution in [0.2, 0.25) is 0 Å². The highest BCUT2D eigenvalue weighted by Gasteiger charge is 2.18. The fourth-order valence-electron chi connectivity index (χ4n) is 2.93. The van der Waals surface area contributed by atoms with Gasteiger partial charge in [-0.3, -0.25) is 4.98 Å². The summed E-state index contributed by atoms with van der Waals surface area (Å²) in [5, 5.41) is 22.0. The Kier molecular flexibility index (Phi) is 3.90. The molecule has 5 aromatic heterocycles. The van der Waals surface area contributed by atoms with Crippen LogP contribution in [-0.4, -0.2) is 44.5 Å². The summed E-state index contributed by atoms with van der Waals surface area (Å²) in [5.41, 5.74) is 3.40. The van der Waals surface area contributed by atoms with Crippen LogP contribution >= 0.6 is 0 Å². The maximum absolute atomic E-state index is 4.49. The Morgan fingerprint density at radius 1 is 0.931 bits per heavy atom. The van der Waals surface area contributed by atoms with Crippen LogP contribution in [0.3, 0.4) is 0 Å². The van der Waals surface area contributed by atoms with Gasteiger partial charge in [-0.15, -0.1) is 20.0 Å². The van der Waals surface area contributed by atoms with Gasteiger partial charge >= 0.3 is 0 Å². The summed E-state index contributed by atoms with van der Waals surface area (Å²) < 4.78 is 3.04. The Balaban J connectivity index is 1.67. The molecule has 0 bridgehead atoms. The van der Waals surface area contributed by atoms with Crippen molar-refractivity contribution in [2.75, 3.05) is 0 Å². The Bertz CT molecular complexity index is 1260. The second kappa shape index (κ2) is 6.71. The Morgan fingerprint density at radius 3 is 2.55 bits per heavy atom. The minimum absolute atomic E-state index is 0.387. The van der Waals surface area contributed by atoms with Gasteiger partial charge in [-0.25, -0.2) is 9.97 Å². The quantitative estimate of drug-likeness (QED) is 0.473. The van der Waals surface area contributed by atoms with E-state index in [-0.39, 0.29) is 0 Å². The lowest BCUT2D eigenvalue weighted by Gasteiger charge is -2.02. The van der Waals surface area contributed by atoms with Gasteiger partial charge in [0.25, 0.3) is 5.95 Å². The van der Waals surface area contributed by atoms with Gasteiger partial charge in [0, 0.05) is 18.6 Å². The zero-order chi connectivity index (χ0) is 19.8. The maximum Gasteiger partial charge on any atom is 0.252 e. The molecule has 5 aromatic rings. The van der Waals surface area contributed by atoms with Crippen LogP contribution < -0.4 is 0 Å². The lowest BCUT2D eigenvalue weighted by Crippen LogP contribution is -2.01. The first kappa shape index (κ1) is 16.9. The van der Waals surface area contributed by atoms with Gasteiger partial charge in [-0.05, 0) is 32.0 Å². The molecule has 11 nitrogen and oxygen atoms in total. The summed E-state index contributed by atoms with van der Waals surface area (Å²) in [4.78, 5) is 16.1. The molecule has 5 heterocycles. The molecule has 0 aromatic carbocycles. The van der Waals surface area contributed by atoms with Crippen LogP contribution in [0.5, 0.6) is 0 Å². The van der Waals surface area contributed by atoms with E-state index in [2.05, 4.69) is 45.5 Å². The third-order valence-electron chi connectivity index (χ3n) is 4.23. The molecule has 0 saturated carbocycles. The lowest BCUT2D eigenvalue weighted by molar-refractivity contribution is 0.793. The number of nitrogens with one attached hydrogen (secondary N) is 1. The summed E-state index contributed by atoms with van der Waals surface area (Å²) in [5.74, 6) is 1.59. The minimum atomic E-state index is 0.387. The summed E-state index contributed by atoms with van der Waals surface area (Å²) in [6.07, 6.45) is 6.67. The number of pyridine rings is 1. The summed E-state index contributed by atoms with van der Waals surface area (Å²) in [6.45, 7) is 3.70. The van der Waals surface area contributed by atoms with Crippen LogP contribution in [0, 0.1) is 13.8 Å². The van der Waals surface area contributed by atoms with Crippen molar-refractivity contribution >= 4 is 17.2 Å². The molecule has 0 atom stereocenters. The molecule has 0 radical (unpaired) electrons. The van der Waals surface area contributed by atoms with Crippen molar-refractivity contribution in [3.63, 3.8) is 0 Å². The average Bonchev–Trinajstić information content (AvgIpc) is 3.40. The molecule has 0 unspecified atom stereocenters. The number of nitrogens with zero attached hydrogens (tertiary/aromatic N) is 10. The van der Waals surface area contributed by atoms with Gasteiger partial charge in [0.1, 0.15) is 5.82 Å². The van der Waals surface area contributed by atoms with E-state index in [1.807, 2.05) is 32.0 Å². The molecule has 0 fully saturated rings. The number of rotatable bonds is 4. The number of H-pyrrole nitrogens is 1. The molecule has 0 aliphatic rings. The number of aromatic nitrogens is 9. The Labute approximate surface area is 164 Å². The second-order valence-electron chi connectivity index (χ2n) is 6.24. The van der Waals surface area contributed by atoms with E-state index in [0.29, 0.717) is 34.4 Å². The smallest absolute Gasteiger partial charge is 0.252 e. The highest BCUT2D eigenvalue weighted by molar-refractivity contribution is 5.71. The Morgan fingerprint density at radius 2 is 1.76 bits per heavy atom. The maximum atomic E-state index is 4.49. The van der Waals surface area contributed by atoms with Crippen LogP contribution in [0.1, 0.15) is 11.5 Å². The van der Waals surface area contributed by atoms with Gasteiger partial charge in [0.2, 0.25) is 0 Å². The highest BCUT2D eigenvalue weighted by atomic mass is 15.5. The lowest BCUT2D eigenvalue weighted by atomic mass is 10.2. The van der Waals surface area contributed by atoms with E-state index in [0.717, 1.165) is 11.5 Å². The standard InChI is InChI=1S/C18H15N11/c1-11-15(17-23-12(2)27-29(17)26-11)24-25-16-13(14-6-3-4-7-19-14)10-22-28(16)18-20-8-5-9-21-18/h3-10H,1-2H3,(H,23,27)/b25-24+. The monoisotopic (exact) mass is 385 g/mol. The topological polar surface area (TPSA) is 127 Å². The molecule has 29 heavy (non-hydrogen) atoms. The van der Waals surface area contributed by atoms with Crippen molar-refractivity contribution in [1.29, 1.82) is 0 Å². The number of azo groups is 1. The molecular weight excluding hydrogens is 370 g/mol. The summed E-state index contributed by atoms with van der Waals surface area (Å²) >= 11 is 0. The molecule has 11 heteroatoms. The molecule has 0 spiro atoms. The van der Waals surface area contributed by atoms with Crippen molar-refractivity contribution in [2.24, 2.45) is 10.2 Å². The van der Waals surface area contributed by atoms with E-state index in [1.54, 1.807) is 30.9 Å². The number of aryl methyl sites for hydroxylation is 2. The normalized spacial score (nSPS) is 11.7. The van der Waals surface area contributed by atoms with Gasteiger partial charge < -0.3 is 4.98 Å². The van der Waals surface area contributed by atoms with Crippen LogP contribution in [0.15, 0.2) is 59.3 Å². The second-order valence-corrected chi connectivity index (χ2v) is 6.24. The van der Waals surface area contributed by atoms with E-state index in [9.17, 15) is 0 Å². The van der Waals surface area contributed by atoms with Crippen LogP contribution in [0.25, 0.3) is 22.9 Å². The number of hydrogen-bond donors (Lipinski definition) is 1. The molecule has 1 N–H and O–H groups in total. The zero-order valence-electron chi connectivity index (χ0n) is 15.6. The molecule has 0 saturated heterocycles. The predicted octanol–water partition coefficient (Wildman–Crippen LogP) is 3.13. The van der Waals surface area contributed by atoms with Gasteiger partial charge in [-0.1, -0.05) is 6.07 Å². The number of hydrogen-bond acceptors (Lipinski definition) is 8. The highest BCUT2D eigenvalue weighted by Crippen LogP contribution is 2.33. The Hall–Kier alpha value is -4.28. The van der Waals surface area contributed by atoms with Gasteiger partial charge in [0.05, 0.1) is 23.1 Å². The fourth-order valence-corrected chi connectivity index (χ4v) is 2.93. The summed E-state index contributed by atoms with van der Waals surface area (Å²) in [6, 6.07) is 7.37. The average molecular weight is 385 g/mol. The third kappa shape index (κ3) is 2.94. The first-order valence-corrected chi connectivity index (χ1v) is 8.81. The van der Waals surface area contributed by atoms with Gasteiger partial charge in [-0.2, -0.15) is 14.9 Å². The molecule has 0 aliphatic heterocycles. The first-order chi connectivity index (χ1) is 14.2. The van der Waals surface area contributed by atoms with Gasteiger partial charge in [0.15, 0.2) is 17.2 Å². The van der Waals surface area contributed by atoms with E-state index in [1.165, 1.54) is 9.31 Å². The van der Waals surface area contributed by atoms with E-state index < -0.39 is 0 Å². The molecule has 0 aliphatic carbocycles. The van der Waals surface area contributed by atoms with Crippen molar-refractivity contribution in [3.8, 4) is 17.2 Å². The van der Waals surface area contributed by atoms with Crippen molar-refractivity contribution in [1.82, 2.24) is 44.5 Å². The SMILES string of the molecule is Cc1nn2nc(C)c(/N=N/c3c(-c4ccccn4)cnn3-c3ncccn3)c2[nH]1. The molecular formula is C18H15N11. The minimum Gasteiger partial charge on any atom is -0.324 e. The number of aromatic amines is 1. The largest absolute Gasteiger partial charge is 0.324 e. The molecule has 142 valence electrons. The van der Waals surface area contributed by atoms with E-state index >= 15 is 0 Å². The van der Waals surface area contributed by atoms with Crippen LogP contribution in [0.4, 0.5) is 11.5 Å². The number of fused-ring (bicyclic) bond motifs is 1. The molecule has 5 rings (SSSR count). The van der Waals surface area contributed by atoms with Crippen molar-refractivity contribution in [3.05, 3.63) is 60.6 Å². The molecule has 0 amide bonds. The van der Waals surface area contributed by atoms with Crippen molar-refractivity contribution < 1.29 is 0 Å². The predicted molar refractivity (Wildman–Crippen MR) is 103 cm³/mol. The van der Waals surface area contributed by atoms with Crippen LogP contribution in [-0.2, 0) is 0 Å². The zero-order valence-corrected chi connectivity index (χ0v) is 15.6. The first-order valence-electron chi connectivity index (χ1n) is 8.81. The van der Waals surface area contributed by atoms with Crippen molar-refractivity contribution in [2.45, 2.75) is 13.8 Å².